The summed E-state index contributed by atoms with van der Waals surface area (Å²) >= 11 is 5.30. The molecular formula is C20H20BrN3S. The zero-order valence-corrected chi connectivity index (χ0v) is 16.5. The summed E-state index contributed by atoms with van der Waals surface area (Å²) in [5.41, 5.74) is 2.71. The summed E-state index contributed by atoms with van der Waals surface area (Å²) in [5, 5.41) is 10.0. The van der Waals surface area contributed by atoms with Crippen LogP contribution < -0.4 is 0 Å². The molecule has 1 aliphatic rings. The summed E-state index contributed by atoms with van der Waals surface area (Å²) in [5.74, 6) is 3.16. The van der Waals surface area contributed by atoms with E-state index in [1.807, 2.05) is 0 Å². The maximum atomic E-state index is 4.54. The van der Waals surface area contributed by atoms with Crippen molar-refractivity contribution in [2.75, 3.05) is 0 Å². The van der Waals surface area contributed by atoms with Gasteiger partial charge in [0.1, 0.15) is 5.82 Å². The van der Waals surface area contributed by atoms with E-state index in [2.05, 4.69) is 92.2 Å². The quantitative estimate of drug-likeness (QED) is 0.490. The van der Waals surface area contributed by atoms with Gasteiger partial charge >= 0.3 is 0 Å². The van der Waals surface area contributed by atoms with Gasteiger partial charge in [-0.15, -0.1) is 10.2 Å². The fraction of sp³-hybridized carbons (Fsp3) is 0.300. The highest BCUT2D eigenvalue weighted by Crippen LogP contribution is 2.54. The van der Waals surface area contributed by atoms with Gasteiger partial charge in [-0.3, -0.25) is 0 Å². The van der Waals surface area contributed by atoms with Crippen LogP contribution in [0, 0.1) is 0 Å². The lowest BCUT2D eigenvalue weighted by Gasteiger charge is -2.07. The molecule has 2 unspecified atom stereocenters. The Morgan fingerprint density at radius 2 is 1.92 bits per heavy atom. The molecule has 0 aliphatic heterocycles. The Kier molecular flexibility index (Phi) is 4.95. The summed E-state index contributed by atoms with van der Waals surface area (Å²) in [6, 6.07) is 19.2. The third-order valence-electron chi connectivity index (χ3n) is 4.67. The zero-order chi connectivity index (χ0) is 17.2. The van der Waals surface area contributed by atoms with Crippen LogP contribution in [0.15, 0.2) is 64.2 Å². The van der Waals surface area contributed by atoms with E-state index in [-0.39, 0.29) is 0 Å². The first-order valence-corrected chi connectivity index (χ1v) is 10.4. The number of nitrogens with zero attached hydrogens (tertiary/aromatic N) is 3. The topological polar surface area (TPSA) is 30.7 Å². The molecule has 1 fully saturated rings. The Morgan fingerprint density at radius 1 is 1.08 bits per heavy atom. The van der Waals surface area contributed by atoms with Crippen molar-refractivity contribution in [1.29, 1.82) is 0 Å². The Hall–Kier alpha value is -1.59. The lowest BCUT2D eigenvalue weighted by molar-refractivity contribution is 0.640. The minimum absolute atomic E-state index is 0.509. The van der Waals surface area contributed by atoms with Crippen LogP contribution in [-0.4, -0.2) is 14.8 Å². The van der Waals surface area contributed by atoms with Gasteiger partial charge in [0.25, 0.3) is 0 Å². The monoisotopic (exact) mass is 413 g/mol. The molecule has 2 aromatic carbocycles. The Bertz CT molecular complexity index is 862. The maximum absolute atomic E-state index is 4.54. The molecular weight excluding hydrogens is 394 g/mol. The van der Waals surface area contributed by atoms with Crippen molar-refractivity contribution in [2.24, 2.45) is 0 Å². The van der Waals surface area contributed by atoms with E-state index in [1.54, 1.807) is 11.8 Å². The highest BCUT2D eigenvalue weighted by atomic mass is 79.9. The standard InChI is InChI=1S/C20H20BrN3S/c1-2-24-19(18-12-17(18)15-8-4-3-5-9-15)22-23-20(24)25-13-14-7-6-10-16(21)11-14/h3-11,17-18H,2,12-13H2,1H3. The predicted molar refractivity (Wildman–Crippen MR) is 106 cm³/mol. The summed E-state index contributed by atoms with van der Waals surface area (Å²) in [6.45, 7) is 3.09. The van der Waals surface area contributed by atoms with Crippen LogP contribution in [0.3, 0.4) is 0 Å². The van der Waals surface area contributed by atoms with Crippen LogP contribution in [0.1, 0.15) is 42.1 Å². The number of hydrogen-bond acceptors (Lipinski definition) is 3. The van der Waals surface area contributed by atoms with Crippen molar-refractivity contribution in [3.8, 4) is 0 Å². The first kappa shape index (κ1) is 16.9. The molecule has 1 aromatic heterocycles. The van der Waals surface area contributed by atoms with Crippen molar-refractivity contribution in [1.82, 2.24) is 14.8 Å². The van der Waals surface area contributed by atoms with Crippen LogP contribution in [0.5, 0.6) is 0 Å². The second-order valence-electron chi connectivity index (χ2n) is 6.36. The molecule has 4 rings (SSSR count). The predicted octanol–water partition coefficient (Wildman–Crippen LogP) is 5.62. The molecule has 0 radical (unpaired) electrons. The summed E-state index contributed by atoms with van der Waals surface area (Å²) in [4.78, 5) is 0. The third kappa shape index (κ3) is 3.67. The molecule has 0 N–H and O–H groups in total. The summed E-state index contributed by atoms with van der Waals surface area (Å²) in [6.07, 6.45) is 1.18. The fourth-order valence-electron chi connectivity index (χ4n) is 3.30. The zero-order valence-electron chi connectivity index (χ0n) is 14.1. The molecule has 5 heteroatoms. The molecule has 0 saturated heterocycles. The SMILES string of the molecule is CCn1c(SCc2cccc(Br)c2)nnc1C1CC1c1ccccc1. The van der Waals surface area contributed by atoms with Crippen LogP contribution in [-0.2, 0) is 12.3 Å². The normalized spacial score (nSPS) is 19.1. The van der Waals surface area contributed by atoms with Gasteiger partial charge in [0, 0.05) is 22.7 Å². The number of aromatic nitrogens is 3. The van der Waals surface area contributed by atoms with Gasteiger partial charge in [-0.1, -0.05) is 70.2 Å². The molecule has 25 heavy (non-hydrogen) atoms. The second-order valence-corrected chi connectivity index (χ2v) is 8.22. The van der Waals surface area contributed by atoms with Gasteiger partial charge in [0.2, 0.25) is 0 Å². The molecule has 0 bridgehead atoms. The third-order valence-corrected chi connectivity index (χ3v) is 6.20. The lowest BCUT2D eigenvalue weighted by atomic mass is 10.1. The number of benzene rings is 2. The molecule has 0 amide bonds. The number of hydrogen-bond donors (Lipinski definition) is 0. The lowest BCUT2D eigenvalue weighted by Crippen LogP contribution is -2.03. The first-order chi connectivity index (χ1) is 12.3. The van der Waals surface area contributed by atoms with E-state index < -0.39 is 0 Å². The molecule has 1 aliphatic carbocycles. The van der Waals surface area contributed by atoms with Crippen molar-refractivity contribution < 1.29 is 0 Å². The van der Waals surface area contributed by atoms with Crippen molar-refractivity contribution >= 4 is 27.7 Å². The molecule has 128 valence electrons. The average molecular weight is 414 g/mol. The van der Waals surface area contributed by atoms with E-state index in [9.17, 15) is 0 Å². The second kappa shape index (κ2) is 7.34. The highest BCUT2D eigenvalue weighted by molar-refractivity contribution is 9.10. The number of rotatable bonds is 6. The summed E-state index contributed by atoms with van der Waals surface area (Å²) < 4.78 is 3.41. The minimum atomic E-state index is 0.509. The summed E-state index contributed by atoms with van der Waals surface area (Å²) in [7, 11) is 0. The number of halogens is 1. The molecule has 3 aromatic rings. The van der Waals surface area contributed by atoms with Crippen molar-refractivity contribution in [3.05, 3.63) is 76.0 Å². The molecule has 1 heterocycles. The smallest absolute Gasteiger partial charge is 0.191 e. The van der Waals surface area contributed by atoms with Crippen LogP contribution in [0.4, 0.5) is 0 Å². The Labute approximate surface area is 161 Å². The largest absolute Gasteiger partial charge is 0.306 e. The molecule has 0 spiro atoms. The van der Waals surface area contributed by atoms with Gasteiger partial charge in [0.15, 0.2) is 5.16 Å². The average Bonchev–Trinajstić information content (AvgIpc) is 3.33. The van der Waals surface area contributed by atoms with Crippen LogP contribution >= 0.6 is 27.7 Å². The van der Waals surface area contributed by atoms with E-state index in [0.29, 0.717) is 11.8 Å². The van der Waals surface area contributed by atoms with Gasteiger partial charge in [0.05, 0.1) is 0 Å². The van der Waals surface area contributed by atoms with Gasteiger partial charge in [-0.2, -0.15) is 0 Å². The van der Waals surface area contributed by atoms with Gasteiger partial charge < -0.3 is 4.57 Å². The van der Waals surface area contributed by atoms with Crippen molar-refractivity contribution in [2.45, 2.75) is 42.6 Å². The fourth-order valence-corrected chi connectivity index (χ4v) is 4.70. The van der Waals surface area contributed by atoms with Gasteiger partial charge in [-0.25, -0.2) is 0 Å². The highest BCUT2D eigenvalue weighted by Gasteiger charge is 2.43. The first-order valence-electron chi connectivity index (χ1n) is 8.61. The van der Waals surface area contributed by atoms with E-state index in [0.717, 1.165) is 27.8 Å². The van der Waals surface area contributed by atoms with Crippen LogP contribution in [0.2, 0.25) is 0 Å². The molecule has 1 saturated carbocycles. The van der Waals surface area contributed by atoms with E-state index in [1.165, 1.54) is 17.5 Å². The van der Waals surface area contributed by atoms with Crippen molar-refractivity contribution in [3.63, 3.8) is 0 Å². The molecule has 2 atom stereocenters. The van der Waals surface area contributed by atoms with E-state index in [4.69, 9.17) is 0 Å². The Balaban J connectivity index is 1.48. The number of thioether (sulfide) groups is 1. The van der Waals surface area contributed by atoms with Crippen LogP contribution in [0.25, 0.3) is 0 Å². The molecule has 3 nitrogen and oxygen atoms in total. The van der Waals surface area contributed by atoms with Gasteiger partial charge in [-0.05, 0) is 42.5 Å². The maximum Gasteiger partial charge on any atom is 0.191 e. The Morgan fingerprint density at radius 3 is 2.68 bits per heavy atom. The minimum Gasteiger partial charge on any atom is -0.306 e. The van der Waals surface area contributed by atoms with E-state index >= 15 is 0 Å².